The van der Waals surface area contributed by atoms with Gasteiger partial charge in [0.1, 0.15) is 0 Å². The molecule has 30 heavy (non-hydrogen) atoms. The summed E-state index contributed by atoms with van der Waals surface area (Å²) >= 11 is 0. The molecule has 11 heteroatoms. The van der Waals surface area contributed by atoms with Crippen LogP contribution in [0.3, 0.4) is 0 Å². The van der Waals surface area contributed by atoms with Crippen LogP contribution in [0.2, 0.25) is 0 Å². The van der Waals surface area contributed by atoms with Gasteiger partial charge in [0.05, 0.1) is 24.1 Å². The third kappa shape index (κ3) is 6.49. The molecule has 0 spiro atoms. The number of carbonyl (C=O) groups excluding carboxylic acids is 3. The van der Waals surface area contributed by atoms with E-state index in [4.69, 9.17) is 4.74 Å². The quantitative estimate of drug-likeness (QED) is 0.260. The largest absolute Gasteiger partial charge is 0.465 e. The van der Waals surface area contributed by atoms with Gasteiger partial charge in [-0.3, -0.25) is 24.6 Å². The Morgan fingerprint density at radius 3 is 2.37 bits per heavy atom. The highest BCUT2D eigenvalue weighted by Gasteiger charge is 2.26. The van der Waals surface area contributed by atoms with Crippen LogP contribution in [-0.2, 0) is 14.3 Å². The number of ether oxygens (including phenoxy) is 2. The number of methoxy groups -OCH3 is 2. The molecule has 2 amide bonds. The molecule has 0 saturated carbocycles. The summed E-state index contributed by atoms with van der Waals surface area (Å²) in [4.78, 5) is 50.5. The topological polar surface area (TPSA) is 131 Å². The Morgan fingerprint density at radius 1 is 1.10 bits per heavy atom. The number of nitro benzene ring substituents is 1. The molecule has 0 aliphatic carbocycles. The zero-order valence-corrected chi connectivity index (χ0v) is 17.1. The molecule has 1 heterocycles. The van der Waals surface area contributed by atoms with Crippen LogP contribution in [-0.4, -0.2) is 92.6 Å². The lowest BCUT2D eigenvalue weighted by Crippen LogP contribution is -2.51. The highest BCUT2D eigenvalue weighted by molar-refractivity contribution is 5.99. The molecular weight excluding hydrogens is 396 g/mol. The predicted octanol–water partition coefficient (Wildman–Crippen LogP) is 0.292. The van der Waals surface area contributed by atoms with Crippen molar-refractivity contribution in [2.75, 3.05) is 60.1 Å². The van der Waals surface area contributed by atoms with E-state index in [0.29, 0.717) is 39.3 Å². The molecule has 1 saturated heterocycles. The van der Waals surface area contributed by atoms with Crippen LogP contribution < -0.4 is 5.32 Å². The molecule has 164 valence electrons. The molecular formula is C19H26N4O7. The number of rotatable bonds is 9. The molecule has 0 unspecified atom stereocenters. The first-order valence-corrected chi connectivity index (χ1v) is 9.50. The van der Waals surface area contributed by atoms with Gasteiger partial charge in [0.2, 0.25) is 5.91 Å². The minimum atomic E-state index is -0.755. The van der Waals surface area contributed by atoms with Crippen LogP contribution in [0.1, 0.15) is 27.1 Å². The summed E-state index contributed by atoms with van der Waals surface area (Å²) in [5.41, 5.74) is -0.363. The van der Waals surface area contributed by atoms with Crippen LogP contribution in [0, 0.1) is 10.1 Å². The van der Waals surface area contributed by atoms with Gasteiger partial charge in [-0.25, -0.2) is 4.79 Å². The third-order valence-electron chi connectivity index (χ3n) is 4.67. The van der Waals surface area contributed by atoms with Crippen molar-refractivity contribution in [3.8, 4) is 0 Å². The fourth-order valence-electron chi connectivity index (χ4n) is 3.07. The number of esters is 1. The number of carbonyl (C=O) groups is 3. The minimum absolute atomic E-state index is 0.0499. The molecule has 0 bridgehead atoms. The number of nitrogens with zero attached hydrogens (tertiary/aromatic N) is 3. The fraction of sp³-hybridized carbons (Fsp3) is 0.526. The number of non-ortho nitro benzene ring substituents is 1. The Hall–Kier alpha value is -3.05. The maximum Gasteiger partial charge on any atom is 0.338 e. The molecule has 1 aromatic carbocycles. The molecule has 1 aromatic rings. The Kier molecular flexibility index (Phi) is 8.69. The third-order valence-corrected chi connectivity index (χ3v) is 4.67. The van der Waals surface area contributed by atoms with E-state index in [1.54, 1.807) is 12.0 Å². The van der Waals surface area contributed by atoms with Crippen molar-refractivity contribution in [3.63, 3.8) is 0 Å². The minimum Gasteiger partial charge on any atom is -0.465 e. The Balaban J connectivity index is 1.95. The zero-order chi connectivity index (χ0) is 22.1. The van der Waals surface area contributed by atoms with E-state index in [1.807, 2.05) is 4.90 Å². The SMILES string of the molecule is COCCCNC(=O)CN1CCN(C(=O)c2cc(C(=O)OC)cc([N+](=O)[O-])c2)CC1. The number of benzene rings is 1. The van der Waals surface area contributed by atoms with Crippen LogP contribution in [0.4, 0.5) is 5.69 Å². The average molecular weight is 422 g/mol. The van der Waals surface area contributed by atoms with Gasteiger partial charge in [-0.15, -0.1) is 0 Å². The van der Waals surface area contributed by atoms with Crippen LogP contribution in [0.25, 0.3) is 0 Å². The number of hydrogen-bond acceptors (Lipinski definition) is 8. The maximum atomic E-state index is 12.8. The lowest BCUT2D eigenvalue weighted by molar-refractivity contribution is -0.384. The molecule has 0 atom stereocenters. The van der Waals surface area contributed by atoms with Crippen molar-refractivity contribution in [1.29, 1.82) is 0 Å². The van der Waals surface area contributed by atoms with Crippen molar-refractivity contribution in [1.82, 2.24) is 15.1 Å². The van der Waals surface area contributed by atoms with E-state index in [1.165, 1.54) is 6.07 Å². The second kappa shape index (κ2) is 11.2. The van der Waals surface area contributed by atoms with Gasteiger partial charge in [-0.2, -0.15) is 0 Å². The Labute approximate surface area is 174 Å². The molecule has 2 rings (SSSR count). The summed E-state index contributed by atoms with van der Waals surface area (Å²) in [5.74, 6) is -1.26. The first-order chi connectivity index (χ1) is 14.3. The lowest BCUT2D eigenvalue weighted by Gasteiger charge is -2.34. The van der Waals surface area contributed by atoms with Gasteiger partial charge < -0.3 is 19.7 Å². The second-order valence-corrected chi connectivity index (χ2v) is 6.78. The van der Waals surface area contributed by atoms with Crippen molar-refractivity contribution in [2.45, 2.75) is 6.42 Å². The van der Waals surface area contributed by atoms with E-state index in [-0.39, 0.29) is 29.3 Å². The predicted molar refractivity (Wildman–Crippen MR) is 106 cm³/mol. The first kappa shape index (κ1) is 23.2. The smallest absolute Gasteiger partial charge is 0.338 e. The van der Waals surface area contributed by atoms with Gasteiger partial charge in [0.15, 0.2) is 0 Å². The number of nitro groups is 1. The van der Waals surface area contributed by atoms with E-state index in [9.17, 15) is 24.5 Å². The van der Waals surface area contributed by atoms with Crippen molar-refractivity contribution < 1.29 is 28.8 Å². The van der Waals surface area contributed by atoms with Gasteiger partial charge in [-0.1, -0.05) is 0 Å². The summed E-state index contributed by atoms with van der Waals surface area (Å²) in [6, 6.07) is 3.52. The van der Waals surface area contributed by atoms with E-state index in [2.05, 4.69) is 10.1 Å². The lowest BCUT2D eigenvalue weighted by atomic mass is 10.1. The van der Waals surface area contributed by atoms with E-state index < -0.39 is 16.8 Å². The number of amides is 2. The zero-order valence-electron chi connectivity index (χ0n) is 17.1. The van der Waals surface area contributed by atoms with E-state index >= 15 is 0 Å². The molecule has 1 N–H and O–H groups in total. The molecule has 0 radical (unpaired) electrons. The summed E-state index contributed by atoms with van der Waals surface area (Å²) in [6.07, 6.45) is 0.737. The summed E-state index contributed by atoms with van der Waals surface area (Å²) in [7, 11) is 2.77. The van der Waals surface area contributed by atoms with Crippen molar-refractivity contribution in [3.05, 3.63) is 39.4 Å². The summed E-state index contributed by atoms with van der Waals surface area (Å²) in [5, 5.41) is 14.0. The molecule has 1 fully saturated rings. The monoisotopic (exact) mass is 422 g/mol. The van der Waals surface area contributed by atoms with Crippen LogP contribution >= 0.6 is 0 Å². The van der Waals surface area contributed by atoms with Crippen LogP contribution in [0.15, 0.2) is 18.2 Å². The molecule has 1 aliphatic rings. The van der Waals surface area contributed by atoms with Gasteiger partial charge >= 0.3 is 5.97 Å². The van der Waals surface area contributed by atoms with Gasteiger partial charge in [0, 0.05) is 64.1 Å². The summed E-state index contributed by atoms with van der Waals surface area (Å²) in [6.45, 7) is 3.08. The standard InChI is InChI=1S/C19H26N4O7/c1-29-9-3-4-20-17(24)13-21-5-7-22(8-6-21)18(25)14-10-15(19(26)30-2)12-16(11-14)23(27)28/h10-12H,3-9,13H2,1-2H3,(H,20,24). The molecule has 11 nitrogen and oxygen atoms in total. The van der Waals surface area contributed by atoms with Gasteiger partial charge in [0.25, 0.3) is 11.6 Å². The van der Waals surface area contributed by atoms with Crippen molar-refractivity contribution >= 4 is 23.5 Å². The van der Waals surface area contributed by atoms with Crippen molar-refractivity contribution in [2.24, 2.45) is 0 Å². The van der Waals surface area contributed by atoms with Gasteiger partial charge in [-0.05, 0) is 12.5 Å². The number of nitrogens with one attached hydrogen (secondary N) is 1. The Morgan fingerprint density at radius 2 is 1.77 bits per heavy atom. The normalized spacial score (nSPS) is 14.3. The summed E-state index contributed by atoms with van der Waals surface area (Å²) < 4.78 is 9.54. The van der Waals surface area contributed by atoms with Crippen LogP contribution in [0.5, 0.6) is 0 Å². The highest BCUT2D eigenvalue weighted by atomic mass is 16.6. The molecule has 0 aromatic heterocycles. The fourth-order valence-corrected chi connectivity index (χ4v) is 3.07. The average Bonchev–Trinajstić information content (AvgIpc) is 2.75. The Bertz CT molecular complexity index is 791. The second-order valence-electron chi connectivity index (χ2n) is 6.78. The van der Waals surface area contributed by atoms with E-state index in [0.717, 1.165) is 25.7 Å². The number of piperazine rings is 1. The highest BCUT2D eigenvalue weighted by Crippen LogP contribution is 2.20. The number of hydrogen-bond donors (Lipinski definition) is 1. The molecule has 1 aliphatic heterocycles. The first-order valence-electron chi connectivity index (χ1n) is 9.50. The maximum absolute atomic E-state index is 12.8.